The SMILES string of the molecule is O=C(O)C1=C(SCC(=O)N2CCN(C(=O)OCc3ccc([N+](=O)[O-])cc3)CC2)S[C@H]2CC(=O)N12. The number of rotatable bonds is 7. The number of carboxylic acids is 1. The van der Waals surface area contributed by atoms with Crippen LogP contribution in [0.4, 0.5) is 10.5 Å². The van der Waals surface area contributed by atoms with E-state index in [2.05, 4.69) is 0 Å². The lowest BCUT2D eigenvalue weighted by atomic mass is 10.2. The number of hydrogen-bond acceptors (Lipinski definition) is 9. The molecule has 34 heavy (non-hydrogen) atoms. The van der Waals surface area contributed by atoms with Gasteiger partial charge in [-0.3, -0.25) is 24.6 Å². The van der Waals surface area contributed by atoms with E-state index in [0.29, 0.717) is 29.3 Å². The molecule has 2 saturated heterocycles. The highest BCUT2D eigenvalue weighted by molar-refractivity contribution is 8.23. The Morgan fingerprint density at radius 3 is 2.38 bits per heavy atom. The smallest absolute Gasteiger partial charge is 0.410 e. The normalized spacial score (nSPS) is 19.6. The highest BCUT2D eigenvalue weighted by Crippen LogP contribution is 2.50. The second-order valence-corrected chi connectivity index (χ2v) is 10.0. The van der Waals surface area contributed by atoms with E-state index in [1.165, 1.54) is 45.8 Å². The van der Waals surface area contributed by atoms with Crippen molar-refractivity contribution in [1.29, 1.82) is 0 Å². The number of aliphatic carboxylic acids is 1. The van der Waals surface area contributed by atoms with Gasteiger partial charge in [0.05, 0.1) is 26.7 Å². The van der Waals surface area contributed by atoms with E-state index in [1.54, 1.807) is 4.90 Å². The minimum atomic E-state index is -1.18. The van der Waals surface area contributed by atoms with Crippen molar-refractivity contribution >= 4 is 53.1 Å². The molecule has 180 valence electrons. The first-order valence-corrected chi connectivity index (χ1v) is 12.1. The Morgan fingerprint density at radius 2 is 1.79 bits per heavy atom. The number of thioether (sulfide) groups is 2. The van der Waals surface area contributed by atoms with Crippen LogP contribution in [0.25, 0.3) is 0 Å². The topological polar surface area (TPSA) is 151 Å². The monoisotopic (exact) mass is 508 g/mol. The first kappa shape index (κ1) is 23.9. The number of ether oxygens (including phenoxy) is 1. The van der Waals surface area contributed by atoms with E-state index in [1.807, 2.05) is 0 Å². The molecular formula is C20H20N4O8S2. The summed E-state index contributed by atoms with van der Waals surface area (Å²) in [7, 11) is 0. The van der Waals surface area contributed by atoms with E-state index >= 15 is 0 Å². The summed E-state index contributed by atoms with van der Waals surface area (Å²) in [6.07, 6.45) is -0.241. The van der Waals surface area contributed by atoms with Gasteiger partial charge in [0.1, 0.15) is 6.61 Å². The summed E-state index contributed by atoms with van der Waals surface area (Å²) >= 11 is 2.41. The van der Waals surface area contributed by atoms with Crippen molar-refractivity contribution in [1.82, 2.24) is 14.7 Å². The first-order valence-electron chi connectivity index (χ1n) is 10.3. The Hall–Kier alpha value is -3.26. The van der Waals surface area contributed by atoms with Gasteiger partial charge < -0.3 is 19.6 Å². The first-order chi connectivity index (χ1) is 16.2. The number of hydrogen-bond donors (Lipinski definition) is 1. The molecule has 0 unspecified atom stereocenters. The van der Waals surface area contributed by atoms with Crippen LogP contribution in [0.2, 0.25) is 0 Å². The van der Waals surface area contributed by atoms with Crippen molar-refractivity contribution < 1.29 is 33.9 Å². The number of piperazine rings is 1. The van der Waals surface area contributed by atoms with E-state index in [4.69, 9.17) is 4.74 Å². The fourth-order valence-electron chi connectivity index (χ4n) is 3.63. The lowest BCUT2D eigenvalue weighted by Crippen LogP contribution is -2.51. The van der Waals surface area contributed by atoms with Gasteiger partial charge in [0, 0.05) is 38.3 Å². The quantitative estimate of drug-likeness (QED) is 0.327. The Kier molecular flexibility index (Phi) is 6.97. The van der Waals surface area contributed by atoms with Crippen LogP contribution >= 0.6 is 23.5 Å². The maximum atomic E-state index is 12.6. The van der Waals surface area contributed by atoms with E-state index in [-0.39, 0.29) is 54.0 Å². The van der Waals surface area contributed by atoms with Crippen LogP contribution in [0.5, 0.6) is 0 Å². The Bertz CT molecular complexity index is 1070. The minimum absolute atomic E-state index is 0.0220. The summed E-state index contributed by atoms with van der Waals surface area (Å²) in [4.78, 5) is 62.6. The van der Waals surface area contributed by atoms with Crippen LogP contribution in [0.1, 0.15) is 12.0 Å². The molecule has 1 aromatic carbocycles. The maximum absolute atomic E-state index is 12.6. The average molecular weight is 509 g/mol. The molecule has 2 fully saturated rings. The summed E-state index contributed by atoms with van der Waals surface area (Å²) in [5.74, 6) is -1.55. The number of nitro benzene ring substituents is 1. The zero-order valence-corrected chi connectivity index (χ0v) is 19.4. The standard InChI is InChI=1S/C20H20N4O8S2/c25-14-9-16-23(14)17(18(27)28)19(34-16)33-11-15(26)21-5-7-22(8-6-21)20(29)32-10-12-1-3-13(4-2-12)24(30)31/h1-4,16H,5-11H2,(H,27,28)/t16-/m0/s1. The Labute approximate surface area is 202 Å². The summed E-state index contributed by atoms with van der Waals surface area (Å²) in [6.45, 7) is 1.19. The summed E-state index contributed by atoms with van der Waals surface area (Å²) < 4.78 is 5.72. The van der Waals surface area contributed by atoms with Gasteiger partial charge in [-0.05, 0) is 17.7 Å². The zero-order chi connectivity index (χ0) is 24.4. The predicted molar refractivity (Wildman–Crippen MR) is 121 cm³/mol. The molecule has 3 heterocycles. The van der Waals surface area contributed by atoms with Gasteiger partial charge in [0.15, 0.2) is 5.70 Å². The molecule has 0 aliphatic carbocycles. The van der Waals surface area contributed by atoms with E-state index in [9.17, 15) is 34.4 Å². The molecule has 4 rings (SSSR count). The molecule has 0 radical (unpaired) electrons. The second kappa shape index (κ2) is 9.93. The van der Waals surface area contributed by atoms with Crippen LogP contribution < -0.4 is 0 Å². The molecule has 0 saturated carbocycles. The van der Waals surface area contributed by atoms with Crippen molar-refractivity contribution in [3.8, 4) is 0 Å². The fraction of sp³-hybridized carbons (Fsp3) is 0.400. The van der Waals surface area contributed by atoms with Gasteiger partial charge in [-0.2, -0.15) is 0 Å². The van der Waals surface area contributed by atoms with Gasteiger partial charge >= 0.3 is 12.1 Å². The van der Waals surface area contributed by atoms with Crippen molar-refractivity contribution in [2.45, 2.75) is 18.4 Å². The van der Waals surface area contributed by atoms with E-state index < -0.39 is 17.0 Å². The molecule has 1 N–H and O–H groups in total. The number of nitro groups is 1. The summed E-state index contributed by atoms with van der Waals surface area (Å²) in [5, 5.41) is 19.9. The molecular weight excluding hydrogens is 488 g/mol. The summed E-state index contributed by atoms with van der Waals surface area (Å²) in [5.41, 5.74) is 0.523. The predicted octanol–water partition coefficient (Wildman–Crippen LogP) is 1.67. The molecule has 1 atom stereocenters. The zero-order valence-electron chi connectivity index (χ0n) is 17.7. The van der Waals surface area contributed by atoms with Gasteiger partial charge in [-0.15, -0.1) is 11.8 Å². The third kappa shape index (κ3) is 4.97. The molecule has 0 spiro atoms. The van der Waals surface area contributed by atoms with E-state index in [0.717, 1.165) is 11.8 Å². The largest absolute Gasteiger partial charge is 0.477 e. The number of carbonyl (C=O) groups excluding carboxylic acids is 3. The van der Waals surface area contributed by atoms with Gasteiger partial charge in [0.25, 0.3) is 5.69 Å². The number of benzene rings is 1. The molecule has 12 nitrogen and oxygen atoms in total. The van der Waals surface area contributed by atoms with Crippen LogP contribution in [0.3, 0.4) is 0 Å². The van der Waals surface area contributed by atoms with Crippen molar-refractivity contribution in [3.63, 3.8) is 0 Å². The number of carbonyl (C=O) groups is 4. The molecule has 0 aromatic heterocycles. The van der Waals surface area contributed by atoms with Gasteiger partial charge in [-0.25, -0.2) is 9.59 Å². The molecule has 3 aliphatic heterocycles. The number of fused-ring (bicyclic) bond motifs is 1. The van der Waals surface area contributed by atoms with Gasteiger partial charge in [-0.1, -0.05) is 11.8 Å². The van der Waals surface area contributed by atoms with Crippen LogP contribution in [-0.4, -0.2) is 85.9 Å². The molecule has 3 amide bonds. The lowest BCUT2D eigenvalue weighted by Gasteiger charge is -2.34. The van der Waals surface area contributed by atoms with Crippen molar-refractivity contribution in [2.75, 3.05) is 31.9 Å². The molecule has 3 aliphatic rings. The number of non-ortho nitro benzene ring substituents is 1. The van der Waals surface area contributed by atoms with Gasteiger partial charge in [0.2, 0.25) is 11.8 Å². The third-order valence-corrected chi connectivity index (χ3v) is 8.06. The molecule has 0 bridgehead atoms. The Morgan fingerprint density at radius 1 is 1.15 bits per heavy atom. The minimum Gasteiger partial charge on any atom is -0.477 e. The number of amides is 3. The van der Waals surface area contributed by atoms with Crippen molar-refractivity contribution in [2.24, 2.45) is 0 Å². The Balaban J connectivity index is 1.22. The third-order valence-electron chi connectivity index (χ3n) is 5.51. The number of nitrogens with zero attached hydrogens (tertiary/aromatic N) is 4. The van der Waals surface area contributed by atoms with Crippen LogP contribution in [-0.2, 0) is 25.7 Å². The van der Waals surface area contributed by atoms with Crippen LogP contribution in [0.15, 0.2) is 34.2 Å². The second-order valence-electron chi connectivity index (χ2n) is 7.62. The average Bonchev–Trinajstić information content (AvgIpc) is 3.13. The lowest BCUT2D eigenvalue weighted by molar-refractivity contribution is -0.384. The molecule has 14 heteroatoms. The highest BCUT2D eigenvalue weighted by atomic mass is 32.2. The molecule has 1 aromatic rings. The van der Waals surface area contributed by atoms with Crippen LogP contribution in [0, 0.1) is 10.1 Å². The summed E-state index contributed by atoms with van der Waals surface area (Å²) in [6, 6.07) is 5.72. The number of carboxylic acid groups (broad SMARTS) is 1. The number of β-lactam (4-membered cyclic amide) rings is 1. The van der Waals surface area contributed by atoms with Crippen molar-refractivity contribution in [3.05, 3.63) is 49.9 Å². The fourth-order valence-corrected chi connectivity index (χ4v) is 6.27. The maximum Gasteiger partial charge on any atom is 0.410 e. The highest BCUT2D eigenvalue weighted by Gasteiger charge is 2.48.